The van der Waals surface area contributed by atoms with Crippen LogP contribution in [0.25, 0.3) is 55.3 Å². The van der Waals surface area contributed by atoms with E-state index in [9.17, 15) is 0 Å². The van der Waals surface area contributed by atoms with Crippen molar-refractivity contribution in [1.82, 2.24) is 0 Å². The van der Waals surface area contributed by atoms with E-state index < -0.39 is 0 Å². The highest BCUT2D eigenvalue weighted by Crippen LogP contribution is 2.53. The van der Waals surface area contributed by atoms with Crippen LogP contribution in [0.5, 0.6) is 0 Å². The average molecular weight is 640 g/mol. The fourth-order valence-corrected chi connectivity index (χ4v) is 8.01. The Balaban J connectivity index is 1.16. The van der Waals surface area contributed by atoms with Crippen molar-refractivity contribution in [1.29, 1.82) is 0 Å². The Bertz CT molecular complexity index is 2470. The van der Waals surface area contributed by atoms with Crippen molar-refractivity contribution in [2.45, 2.75) is 19.3 Å². The molecule has 0 amide bonds. The monoisotopic (exact) mass is 639 g/mol. The summed E-state index contributed by atoms with van der Waals surface area (Å²) < 4.78 is 0. The maximum Gasteiger partial charge on any atom is 0.0465 e. The van der Waals surface area contributed by atoms with Crippen molar-refractivity contribution in [2.75, 3.05) is 4.90 Å². The summed E-state index contributed by atoms with van der Waals surface area (Å²) in [5.41, 5.74) is 16.1. The van der Waals surface area contributed by atoms with Crippen molar-refractivity contribution in [3.8, 4) is 44.5 Å². The van der Waals surface area contributed by atoms with E-state index in [1.165, 1.54) is 66.4 Å². The van der Waals surface area contributed by atoms with Gasteiger partial charge < -0.3 is 4.90 Å². The van der Waals surface area contributed by atoms with Gasteiger partial charge in [-0.25, -0.2) is 0 Å². The molecule has 0 aromatic heterocycles. The molecular formula is C49H37N. The Morgan fingerprint density at radius 3 is 1.58 bits per heavy atom. The molecule has 0 saturated carbocycles. The van der Waals surface area contributed by atoms with Crippen LogP contribution in [0.4, 0.5) is 17.1 Å². The Hall–Kier alpha value is -6.18. The second kappa shape index (κ2) is 12.1. The first-order chi connectivity index (χ1) is 24.6. The number of rotatable bonds is 6. The average Bonchev–Trinajstić information content (AvgIpc) is 3.41. The molecule has 0 unspecified atom stereocenters. The minimum atomic E-state index is -0.172. The first-order valence-electron chi connectivity index (χ1n) is 17.4. The summed E-state index contributed by atoms with van der Waals surface area (Å²) in [6.45, 7) is 4.76. The summed E-state index contributed by atoms with van der Waals surface area (Å²) in [7, 11) is 0. The van der Waals surface area contributed by atoms with Crippen LogP contribution in [-0.2, 0) is 5.41 Å². The molecule has 8 aromatic rings. The van der Waals surface area contributed by atoms with E-state index in [1.54, 1.807) is 0 Å². The maximum atomic E-state index is 2.42. The molecular weight excluding hydrogens is 603 g/mol. The molecule has 0 spiro atoms. The van der Waals surface area contributed by atoms with Crippen LogP contribution in [0.15, 0.2) is 188 Å². The Labute approximate surface area is 294 Å². The normalized spacial score (nSPS) is 12.8. The van der Waals surface area contributed by atoms with E-state index in [0.717, 1.165) is 17.1 Å². The quantitative estimate of drug-likeness (QED) is 0.175. The van der Waals surface area contributed by atoms with Crippen LogP contribution < -0.4 is 4.90 Å². The molecule has 0 aliphatic heterocycles. The van der Waals surface area contributed by atoms with Gasteiger partial charge in [-0.1, -0.05) is 166 Å². The Morgan fingerprint density at radius 2 is 0.860 bits per heavy atom. The molecule has 1 heteroatoms. The molecule has 0 fully saturated rings. The third-order valence-electron chi connectivity index (χ3n) is 10.5. The number of fused-ring (bicyclic) bond motifs is 4. The van der Waals surface area contributed by atoms with Crippen molar-refractivity contribution >= 4 is 27.8 Å². The largest absolute Gasteiger partial charge is 0.310 e. The first-order valence-corrected chi connectivity index (χ1v) is 17.4. The Morgan fingerprint density at radius 1 is 0.360 bits per heavy atom. The molecule has 1 nitrogen and oxygen atoms in total. The maximum absolute atomic E-state index is 2.42. The lowest BCUT2D eigenvalue weighted by Gasteiger charge is -2.29. The highest BCUT2D eigenvalue weighted by Gasteiger charge is 2.38. The topological polar surface area (TPSA) is 3.24 Å². The third kappa shape index (κ3) is 5.02. The van der Waals surface area contributed by atoms with Gasteiger partial charge in [-0.15, -0.1) is 0 Å². The van der Waals surface area contributed by atoms with Crippen molar-refractivity contribution in [3.05, 3.63) is 199 Å². The van der Waals surface area contributed by atoms with Crippen LogP contribution in [-0.4, -0.2) is 0 Å². The van der Waals surface area contributed by atoms with Crippen LogP contribution in [0.3, 0.4) is 0 Å². The van der Waals surface area contributed by atoms with Gasteiger partial charge in [0.25, 0.3) is 0 Å². The SMILES string of the molecule is CC1(C)c2cc(N(c3ccc(-c4ccccc4)cc3)c3ccc(-c4cccc5ccccc45)cc3)ccc2-c2cccc(-c3ccccc3)c21. The predicted octanol–water partition coefficient (Wildman–Crippen LogP) is 13.6. The molecule has 1 aliphatic rings. The fourth-order valence-electron chi connectivity index (χ4n) is 8.01. The molecule has 9 rings (SSSR count). The molecule has 238 valence electrons. The van der Waals surface area contributed by atoms with Crippen LogP contribution >= 0.6 is 0 Å². The van der Waals surface area contributed by atoms with E-state index in [4.69, 9.17) is 0 Å². The zero-order chi connectivity index (χ0) is 33.7. The lowest BCUT2D eigenvalue weighted by Crippen LogP contribution is -2.17. The summed E-state index contributed by atoms with van der Waals surface area (Å²) in [6.07, 6.45) is 0. The lowest BCUT2D eigenvalue weighted by molar-refractivity contribution is 0.662. The Kier molecular flexibility index (Phi) is 7.21. The van der Waals surface area contributed by atoms with Gasteiger partial charge in [0.1, 0.15) is 0 Å². The number of nitrogens with zero attached hydrogens (tertiary/aromatic N) is 1. The molecule has 0 saturated heterocycles. The van der Waals surface area contributed by atoms with E-state index in [-0.39, 0.29) is 5.41 Å². The second-order valence-corrected chi connectivity index (χ2v) is 13.8. The summed E-state index contributed by atoms with van der Waals surface area (Å²) in [5, 5.41) is 2.53. The highest BCUT2D eigenvalue weighted by atomic mass is 15.1. The second-order valence-electron chi connectivity index (χ2n) is 13.8. The minimum Gasteiger partial charge on any atom is -0.310 e. The van der Waals surface area contributed by atoms with Gasteiger partial charge in [0.2, 0.25) is 0 Å². The molecule has 1 aliphatic carbocycles. The molecule has 8 aromatic carbocycles. The summed E-state index contributed by atoms with van der Waals surface area (Å²) in [6, 6.07) is 68.5. The van der Waals surface area contributed by atoms with Crippen molar-refractivity contribution in [2.24, 2.45) is 0 Å². The fraction of sp³-hybridized carbons (Fsp3) is 0.0612. The van der Waals surface area contributed by atoms with Gasteiger partial charge in [-0.3, -0.25) is 0 Å². The first kappa shape index (κ1) is 29.9. The smallest absolute Gasteiger partial charge is 0.0465 e. The highest BCUT2D eigenvalue weighted by molar-refractivity contribution is 5.97. The van der Waals surface area contributed by atoms with Crippen molar-refractivity contribution in [3.63, 3.8) is 0 Å². The van der Waals surface area contributed by atoms with Crippen LogP contribution in [0, 0.1) is 0 Å². The molecule has 50 heavy (non-hydrogen) atoms. The van der Waals surface area contributed by atoms with Crippen molar-refractivity contribution < 1.29 is 0 Å². The number of anilines is 3. The van der Waals surface area contributed by atoms with Gasteiger partial charge in [-0.2, -0.15) is 0 Å². The standard InChI is InChI=1S/C49H37N/c1-49(2)47-33-41(31-32-45(47)46-22-12-21-44(48(46)49)37-15-7-4-8-16-37)50(39-27-23-35(24-28-39)34-13-5-3-6-14-34)40-29-25-38(26-30-40)43-20-11-18-36-17-9-10-19-42(36)43/h3-33H,1-2H3. The molecule has 0 bridgehead atoms. The van der Waals surface area contributed by atoms with E-state index >= 15 is 0 Å². The summed E-state index contributed by atoms with van der Waals surface area (Å²) >= 11 is 0. The van der Waals surface area contributed by atoms with Gasteiger partial charge in [0.05, 0.1) is 0 Å². The van der Waals surface area contributed by atoms with Gasteiger partial charge in [0, 0.05) is 22.5 Å². The zero-order valence-corrected chi connectivity index (χ0v) is 28.3. The lowest BCUT2D eigenvalue weighted by atomic mass is 9.78. The van der Waals surface area contributed by atoms with Gasteiger partial charge in [-0.05, 0) is 103 Å². The number of benzene rings is 8. The van der Waals surface area contributed by atoms with E-state index in [0.29, 0.717) is 0 Å². The van der Waals surface area contributed by atoms with Gasteiger partial charge >= 0.3 is 0 Å². The van der Waals surface area contributed by atoms with E-state index in [1.807, 2.05) is 0 Å². The van der Waals surface area contributed by atoms with E-state index in [2.05, 4.69) is 207 Å². The van der Waals surface area contributed by atoms with Crippen LogP contribution in [0.2, 0.25) is 0 Å². The minimum absolute atomic E-state index is 0.172. The summed E-state index contributed by atoms with van der Waals surface area (Å²) in [5.74, 6) is 0. The zero-order valence-electron chi connectivity index (χ0n) is 28.3. The summed E-state index contributed by atoms with van der Waals surface area (Å²) in [4.78, 5) is 2.40. The number of hydrogen-bond donors (Lipinski definition) is 0. The molecule has 0 heterocycles. The molecule has 0 atom stereocenters. The third-order valence-corrected chi connectivity index (χ3v) is 10.5. The van der Waals surface area contributed by atoms with Gasteiger partial charge in [0.15, 0.2) is 0 Å². The van der Waals surface area contributed by atoms with Crippen LogP contribution in [0.1, 0.15) is 25.0 Å². The predicted molar refractivity (Wildman–Crippen MR) is 213 cm³/mol. The molecule has 0 N–H and O–H groups in total. The molecule has 0 radical (unpaired) electrons. The number of hydrogen-bond acceptors (Lipinski definition) is 1.